The van der Waals surface area contributed by atoms with Gasteiger partial charge in [-0.15, -0.1) is 0 Å². The summed E-state index contributed by atoms with van der Waals surface area (Å²) in [5.41, 5.74) is 1.30. The number of aliphatic hydroxyl groups is 1. The fraction of sp³-hybridized carbons (Fsp3) is 0.462. The highest BCUT2D eigenvalue weighted by molar-refractivity contribution is 5.94. The van der Waals surface area contributed by atoms with Crippen molar-refractivity contribution in [3.05, 3.63) is 23.8 Å². The maximum atomic E-state index is 11.9. The molecule has 0 radical (unpaired) electrons. The van der Waals surface area contributed by atoms with Gasteiger partial charge < -0.3 is 15.2 Å². The molecule has 0 saturated heterocycles. The van der Waals surface area contributed by atoms with E-state index in [-0.39, 0.29) is 18.6 Å². The van der Waals surface area contributed by atoms with Crippen LogP contribution in [0.4, 0.5) is 5.69 Å². The number of aliphatic hydroxyl groups excluding tert-OH is 1. The standard InChI is InChI=1S/C13H20N2O3/c1-9(15(2)3)13(17)14-11-5-6-12(18-4)10(7-11)8-16/h5-7,9,16H,8H2,1-4H3,(H,14,17)/t9-/m0/s1. The highest BCUT2D eigenvalue weighted by Gasteiger charge is 2.15. The fourth-order valence-electron chi connectivity index (χ4n) is 1.46. The maximum Gasteiger partial charge on any atom is 0.241 e. The average Bonchev–Trinajstić information content (AvgIpc) is 2.37. The Hall–Kier alpha value is -1.59. The summed E-state index contributed by atoms with van der Waals surface area (Å²) < 4.78 is 5.10. The maximum absolute atomic E-state index is 11.9. The topological polar surface area (TPSA) is 61.8 Å². The lowest BCUT2D eigenvalue weighted by atomic mass is 10.1. The van der Waals surface area contributed by atoms with Gasteiger partial charge >= 0.3 is 0 Å². The molecule has 1 rings (SSSR count). The Morgan fingerprint density at radius 3 is 2.67 bits per heavy atom. The van der Waals surface area contributed by atoms with Gasteiger partial charge in [-0.3, -0.25) is 9.69 Å². The average molecular weight is 252 g/mol. The van der Waals surface area contributed by atoms with E-state index in [2.05, 4.69) is 5.32 Å². The number of anilines is 1. The van der Waals surface area contributed by atoms with Gasteiger partial charge in [0.25, 0.3) is 0 Å². The first-order valence-corrected chi connectivity index (χ1v) is 5.74. The van der Waals surface area contributed by atoms with Crippen molar-refractivity contribution >= 4 is 11.6 Å². The molecule has 0 unspecified atom stereocenters. The van der Waals surface area contributed by atoms with Gasteiger partial charge in [-0.25, -0.2) is 0 Å². The largest absolute Gasteiger partial charge is 0.496 e. The van der Waals surface area contributed by atoms with E-state index >= 15 is 0 Å². The minimum atomic E-state index is -0.218. The van der Waals surface area contributed by atoms with Gasteiger partial charge in [0.05, 0.1) is 19.8 Å². The first-order chi connectivity index (χ1) is 8.49. The third-order valence-electron chi connectivity index (χ3n) is 2.87. The van der Waals surface area contributed by atoms with E-state index in [9.17, 15) is 9.90 Å². The van der Waals surface area contributed by atoms with E-state index in [0.29, 0.717) is 17.0 Å². The predicted molar refractivity (Wildman–Crippen MR) is 70.7 cm³/mol. The number of nitrogens with zero attached hydrogens (tertiary/aromatic N) is 1. The molecule has 0 aliphatic carbocycles. The van der Waals surface area contributed by atoms with Crippen LogP contribution in [0, 0.1) is 0 Å². The normalized spacial score (nSPS) is 12.3. The number of hydrogen-bond acceptors (Lipinski definition) is 4. The summed E-state index contributed by atoms with van der Waals surface area (Å²) in [6.45, 7) is 1.70. The van der Waals surface area contributed by atoms with Gasteiger partial charge in [-0.2, -0.15) is 0 Å². The Morgan fingerprint density at radius 2 is 2.17 bits per heavy atom. The number of methoxy groups -OCH3 is 1. The first-order valence-electron chi connectivity index (χ1n) is 5.74. The Bertz CT molecular complexity index is 419. The Kier molecular flexibility index (Phi) is 5.12. The highest BCUT2D eigenvalue weighted by atomic mass is 16.5. The fourth-order valence-corrected chi connectivity index (χ4v) is 1.46. The van der Waals surface area contributed by atoms with Crippen LogP contribution >= 0.6 is 0 Å². The number of benzene rings is 1. The molecule has 1 amide bonds. The van der Waals surface area contributed by atoms with Gasteiger partial charge in [0.15, 0.2) is 0 Å². The SMILES string of the molecule is COc1ccc(NC(=O)[C@H](C)N(C)C)cc1CO. The smallest absolute Gasteiger partial charge is 0.241 e. The molecule has 1 aromatic carbocycles. The molecule has 0 saturated carbocycles. The number of ether oxygens (including phenoxy) is 1. The number of carbonyl (C=O) groups is 1. The number of rotatable bonds is 5. The summed E-state index contributed by atoms with van der Waals surface area (Å²) >= 11 is 0. The minimum absolute atomic E-state index is 0.0888. The molecular weight excluding hydrogens is 232 g/mol. The molecule has 1 atom stereocenters. The summed E-state index contributed by atoms with van der Waals surface area (Å²) in [7, 11) is 5.23. The van der Waals surface area contributed by atoms with Crippen LogP contribution in [0.15, 0.2) is 18.2 Å². The summed E-state index contributed by atoms with van der Waals surface area (Å²) in [5.74, 6) is 0.519. The molecule has 5 heteroatoms. The van der Waals surface area contributed by atoms with Crippen molar-refractivity contribution in [2.45, 2.75) is 19.6 Å². The number of carbonyl (C=O) groups excluding carboxylic acids is 1. The second-order valence-corrected chi connectivity index (χ2v) is 4.31. The van der Waals surface area contributed by atoms with E-state index in [1.807, 2.05) is 25.9 Å². The Balaban J connectivity index is 2.82. The van der Waals surface area contributed by atoms with E-state index < -0.39 is 0 Å². The lowest BCUT2D eigenvalue weighted by Gasteiger charge is -2.19. The summed E-state index contributed by atoms with van der Waals surface area (Å²) in [6.07, 6.45) is 0. The molecule has 1 aromatic rings. The number of amides is 1. The number of nitrogens with one attached hydrogen (secondary N) is 1. The number of hydrogen-bond donors (Lipinski definition) is 2. The van der Waals surface area contributed by atoms with E-state index in [0.717, 1.165) is 0 Å². The quantitative estimate of drug-likeness (QED) is 0.823. The molecule has 2 N–H and O–H groups in total. The van der Waals surface area contributed by atoms with Crippen molar-refractivity contribution in [2.24, 2.45) is 0 Å². The molecule has 0 spiro atoms. The third kappa shape index (κ3) is 3.45. The van der Waals surface area contributed by atoms with Gasteiger partial charge in [0.2, 0.25) is 5.91 Å². The van der Waals surface area contributed by atoms with Crippen LogP contribution in [0.3, 0.4) is 0 Å². The van der Waals surface area contributed by atoms with Crippen LogP contribution in [0.5, 0.6) is 5.75 Å². The number of likely N-dealkylation sites (N-methyl/N-ethyl adjacent to an activating group) is 1. The van der Waals surface area contributed by atoms with Crippen LogP contribution in [-0.4, -0.2) is 43.2 Å². The molecule has 0 aromatic heterocycles. The van der Waals surface area contributed by atoms with E-state index in [1.54, 1.807) is 25.3 Å². The molecule has 5 nitrogen and oxygen atoms in total. The zero-order chi connectivity index (χ0) is 13.7. The van der Waals surface area contributed by atoms with Crippen molar-refractivity contribution in [3.8, 4) is 5.75 Å². The first kappa shape index (κ1) is 14.5. The van der Waals surface area contributed by atoms with Gasteiger partial charge in [-0.1, -0.05) is 0 Å². The van der Waals surface area contributed by atoms with Crippen LogP contribution in [-0.2, 0) is 11.4 Å². The Labute approximate surface area is 107 Å². The monoisotopic (exact) mass is 252 g/mol. The third-order valence-corrected chi connectivity index (χ3v) is 2.87. The van der Waals surface area contributed by atoms with Gasteiger partial charge in [0.1, 0.15) is 5.75 Å². The zero-order valence-corrected chi connectivity index (χ0v) is 11.2. The molecule has 0 aliphatic heterocycles. The van der Waals surface area contributed by atoms with Crippen LogP contribution in [0.25, 0.3) is 0 Å². The summed E-state index contributed by atoms with van der Waals surface area (Å²) in [6, 6.07) is 4.96. The van der Waals surface area contributed by atoms with Crippen molar-refractivity contribution in [1.82, 2.24) is 4.90 Å². The molecular formula is C13H20N2O3. The molecule has 0 aliphatic rings. The Morgan fingerprint density at radius 1 is 1.50 bits per heavy atom. The van der Waals surface area contributed by atoms with Crippen molar-refractivity contribution in [3.63, 3.8) is 0 Å². The zero-order valence-electron chi connectivity index (χ0n) is 11.2. The van der Waals surface area contributed by atoms with Crippen LogP contribution < -0.4 is 10.1 Å². The molecule has 100 valence electrons. The molecule has 0 heterocycles. The summed E-state index contributed by atoms with van der Waals surface area (Å²) in [5, 5.41) is 12.0. The van der Waals surface area contributed by atoms with Gasteiger partial charge in [0, 0.05) is 11.3 Å². The second-order valence-electron chi connectivity index (χ2n) is 4.31. The van der Waals surface area contributed by atoms with Crippen molar-refractivity contribution in [2.75, 3.05) is 26.5 Å². The molecule has 0 bridgehead atoms. The lowest BCUT2D eigenvalue weighted by Crippen LogP contribution is -2.37. The van der Waals surface area contributed by atoms with Crippen molar-refractivity contribution in [1.29, 1.82) is 0 Å². The lowest BCUT2D eigenvalue weighted by molar-refractivity contribution is -0.119. The highest BCUT2D eigenvalue weighted by Crippen LogP contribution is 2.22. The van der Waals surface area contributed by atoms with E-state index in [1.165, 1.54) is 0 Å². The molecule has 0 fully saturated rings. The summed E-state index contributed by atoms with van der Waals surface area (Å²) in [4.78, 5) is 13.7. The van der Waals surface area contributed by atoms with E-state index in [4.69, 9.17) is 4.74 Å². The van der Waals surface area contributed by atoms with Crippen LogP contribution in [0.2, 0.25) is 0 Å². The second kappa shape index (κ2) is 6.37. The minimum Gasteiger partial charge on any atom is -0.496 e. The predicted octanol–water partition coefficient (Wildman–Crippen LogP) is 1.08. The van der Waals surface area contributed by atoms with Crippen LogP contribution in [0.1, 0.15) is 12.5 Å². The molecule has 18 heavy (non-hydrogen) atoms. The van der Waals surface area contributed by atoms with Crippen molar-refractivity contribution < 1.29 is 14.6 Å². The van der Waals surface area contributed by atoms with Gasteiger partial charge in [-0.05, 0) is 39.2 Å².